The average molecular weight is 528 g/mol. The normalized spacial score (nSPS) is 37.1. The molecule has 0 saturated heterocycles. The Bertz CT molecular complexity index is 985. The zero-order valence-electron chi connectivity index (χ0n) is 18.9. The molecule has 6 atom stereocenters. The lowest BCUT2D eigenvalue weighted by molar-refractivity contribution is -0.126. The highest BCUT2D eigenvalue weighted by Crippen LogP contribution is 2.67. The van der Waals surface area contributed by atoms with E-state index in [4.69, 9.17) is 0 Å². The van der Waals surface area contributed by atoms with Gasteiger partial charge < -0.3 is 0 Å². The first-order valence-electron chi connectivity index (χ1n) is 12.1. The molecule has 2 fully saturated rings. The van der Waals surface area contributed by atoms with Crippen molar-refractivity contribution in [2.75, 3.05) is 0 Å². The largest absolute Gasteiger partial charge is 0.300 e. The number of allylic oxidation sites excluding steroid dienone is 4. The highest BCUT2D eigenvalue weighted by Gasteiger charge is 2.60. The molecule has 0 N–H and O–H groups in total. The first-order valence-corrected chi connectivity index (χ1v) is 13.1. The van der Waals surface area contributed by atoms with Crippen molar-refractivity contribution in [2.45, 2.75) is 71.6 Å². The third kappa shape index (κ3) is 3.41. The minimum absolute atomic E-state index is 0.0700. The van der Waals surface area contributed by atoms with E-state index in [1.807, 2.05) is 13.0 Å². The van der Waals surface area contributed by atoms with Crippen LogP contribution >= 0.6 is 22.6 Å². The van der Waals surface area contributed by atoms with Crippen molar-refractivity contribution in [3.05, 3.63) is 56.2 Å². The first kappa shape index (κ1) is 21.6. The summed E-state index contributed by atoms with van der Waals surface area (Å²) in [5, 5.41) is 0. The van der Waals surface area contributed by atoms with E-state index in [9.17, 15) is 9.59 Å². The summed E-state index contributed by atoms with van der Waals surface area (Å²) in [4.78, 5) is 25.1. The van der Waals surface area contributed by atoms with Gasteiger partial charge in [0.25, 0.3) is 0 Å². The van der Waals surface area contributed by atoms with Crippen LogP contribution in [0.3, 0.4) is 0 Å². The maximum absolute atomic E-state index is 12.9. The Labute approximate surface area is 200 Å². The summed E-state index contributed by atoms with van der Waals surface area (Å²) in [6.07, 6.45) is 9.04. The molecule has 31 heavy (non-hydrogen) atoms. The van der Waals surface area contributed by atoms with Crippen LogP contribution in [0.1, 0.15) is 77.2 Å². The number of carbonyl (C=O) groups is 2. The van der Waals surface area contributed by atoms with Crippen LogP contribution in [-0.4, -0.2) is 11.6 Å². The van der Waals surface area contributed by atoms with Crippen LogP contribution < -0.4 is 0 Å². The summed E-state index contributed by atoms with van der Waals surface area (Å²) in [6, 6.07) is 9.06. The van der Waals surface area contributed by atoms with Gasteiger partial charge in [0, 0.05) is 21.8 Å². The number of halogens is 1. The van der Waals surface area contributed by atoms with Crippen molar-refractivity contribution >= 4 is 34.2 Å². The van der Waals surface area contributed by atoms with Crippen LogP contribution in [0.25, 0.3) is 0 Å². The van der Waals surface area contributed by atoms with Gasteiger partial charge in [-0.2, -0.15) is 0 Å². The number of hydrogen-bond acceptors (Lipinski definition) is 2. The molecule has 0 aromatic heterocycles. The summed E-state index contributed by atoms with van der Waals surface area (Å²) in [5.74, 6) is 2.91. The van der Waals surface area contributed by atoms with E-state index in [1.54, 1.807) is 5.57 Å². The summed E-state index contributed by atoms with van der Waals surface area (Å²) in [5.41, 5.74) is 5.91. The van der Waals surface area contributed by atoms with E-state index < -0.39 is 0 Å². The van der Waals surface area contributed by atoms with Crippen molar-refractivity contribution in [1.29, 1.82) is 0 Å². The lowest BCUT2D eigenvalue weighted by atomic mass is 9.51. The predicted octanol–water partition coefficient (Wildman–Crippen LogP) is 7.03. The molecular weight excluding hydrogens is 495 g/mol. The molecule has 1 aromatic rings. The van der Waals surface area contributed by atoms with Crippen LogP contribution in [-0.2, 0) is 9.59 Å². The lowest BCUT2D eigenvalue weighted by Crippen LogP contribution is -2.45. The molecule has 0 unspecified atom stereocenters. The minimum Gasteiger partial charge on any atom is -0.300 e. The molecule has 3 heteroatoms. The zero-order valence-corrected chi connectivity index (χ0v) is 21.1. The number of carbonyl (C=O) groups excluding carboxylic acids is 2. The van der Waals surface area contributed by atoms with Gasteiger partial charge in [0.15, 0.2) is 5.78 Å². The summed E-state index contributed by atoms with van der Waals surface area (Å²) < 4.78 is 1.26. The molecule has 0 aliphatic heterocycles. The third-order valence-corrected chi connectivity index (χ3v) is 9.86. The van der Waals surface area contributed by atoms with Crippen LogP contribution in [0.15, 0.2) is 47.1 Å². The Balaban J connectivity index is 1.68. The molecule has 0 heterocycles. The van der Waals surface area contributed by atoms with E-state index in [2.05, 4.69) is 60.7 Å². The van der Waals surface area contributed by atoms with Gasteiger partial charge in [0.1, 0.15) is 5.78 Å². The summed E-state index contributed by atoms with van der Waals surface area (Å²) in [6.45, 7) is 6.55. The monoisotopic (exact) mass is 528 g/mol. The Kier molecular flexibility index (Phi) is 5.55. The Morgan fingerprint density at radius 3 is 2.58 bits per heavy atom. The van der Waals surface area contributed by atoms with E-state index in [-0.39, 0.29) is 11.3 Å². The van der Waals surface area contributed by atoms with Crippen LogP contribution in [0.4, 0.5) is 0 Å². The molecule has 2 saturated carbocycles. The maximum Gasteiger partial charge on any atom is 0.156 e. The van der Waals surface area contributed by atoms with Gasteiger partial charge in [-0.15, -0.1) is 0 Å². The third-order valence-electron chi connectivity index (χ3n) is 9.14. The van der Waals surface area contributed by atoms with E-state index in [0.717, 1.165) is 32.1 Å². The van der Waals surface area contributed by atoms with E-state index in [0.29, 0.717) is 41.7 Å². The van der Waals surface area contributed by atoms with Gasteiger partial charge >= 0.3 is 0 Å². The Hall–Kier alpha value is -1.23. The number of Topliss-reactive ketones (excluding diaryl/α,β-unsaturated/α-hetero) is 1. The molecule has 5 rings (SSSR count). The topological polar surface area (TPSA) is 34.1 Å². The van der Waals surface area contributed by atoms with Crippen molar-refractivity contribution in [3.8, 4) is 0 Å². The second-order valence-electron chi connectivity index (χ2n) is 10.6. The second-order valence-corrected chi connectivity index (χ2v) is 11.9. The quantitative estimate of drug-likeness (QED) is 0.395. The molecule has 2 nitrogen and oxygen atoms in total. The van der Waals surface area contributed by atoms with Gasteiger partial charge in [0.05, 0.1) is 0 Å². The fourth-order valence-electron chi connectivity index (χ4n) is 8.04. The molecule has 0 radical (unpaired) electrons. The Morgan fingerprint density at radius 1 is 1.16 bits per heavy atom. The smallest absolute Gasteiger partial charge is 0.156 e. The summed E-state index contributed by atoms with van der Waals surface area (Å²) in [7, 11) is 0. The zero-order chi connectivity index (χ0) is 21.9. The maximum atomic E-state index is 12.9. The Morgan fingerprint density at radius 2 is 1.90 bits per heavy atom. The van der Waals surface area contributed by atoms with Gasteiger partial charge in [-0.3, -0.25) is 9.59 Å². The van der Waals surface area contributed by atoms with Crippen molar-refractivity contribution in [1.82, 2.24) is 0 Å². The standard InChI is InChI=1S/C28H33IO2/c1-4-17-14-25-23-11-7-19-13-21(31)10-12-22(19)26(23)24(18-5-8-20(29)9-6-18)15-28(25,3)27(17)16(2)30/h5-6,8-9,13,17,23-25,27H,4,7,10-12,14-15H2,1-3H3/t17-,23+,24-,25+,27+,28+/m1/s1. The van der Waals surface area contributed by atoms with E-state index in [1.165, 1.54) is 26.7 Å². The SMILES string of the molecule is CC[C@@H]1C[C@H]2[C@@H]3CCC4=CC(=O)CCC4=C3[C@@H](c3ccc(I)cc3)C[C@]2(C)[C@H]1C(C)=O. The van der Waals surface area contributed by atoms with Gasteiger partial charge in [-0.25, -0.2) is 0 Å². The first-order chi connectivity index (χ1) is 14.8. The number of rotatable bonds is 3. The van der Waals surface area contributed by atoms with Crippen LogP contribution in [0.2, 0.25) is 0 Å². The molecule has 0 spiro atoms. The lowest BCUT2D eigenvalue weighted by Gasteiger charge is -2.52. The number of benzene rings is 1. The molecule has 164 valence electrons. The van der Waals surface area contributed by atoms with Crippen LogP contribution in [0, 0.1) is 32.7 Å². The highest BCUT2D eigenvalue weighted by molar-refractivity contribution is 14.1. The molecular formula is C28H33IO2. The predicted molar refractivity (Wildman–Crippen MR) is 133 cm³/mol. The minimum atomic E-state index is 0.0700. The fraction of sp³-hybridized carbons (Fsp3) is 0.571. The average Bonchev–Trinajstić information content (AvgIpc) is 3.05. The van der Waals surface area contributed by atoms with E-state index >= 15 is 0 Å². The van der Waals surface area contributed by atoms with Gasteiger partial charge in [-0.1, -0.05) is 38.0 Å². The number of ketones is 2. The van der Waals surface area contributed by atoms with Crippen LogP contribution in [0.5, 0.6) is 0 Å². The molecule has 1 aromatic carbocycles. The molecule has 4 aliphatic carbocycles. The van der Waals surface area contributed by atoms with Crippen molar-refractivity contribution in [3.63, 3.8) is 0 Å². The van der Waals surface area contributed by atoms with Crippen molar-refractivity contribution < 1.29 is 9.59 Å². The number of fused-ring (bicyclic) bond motifs is 4. The summed E-state index contributed by atoms with van der Waals surface area (Å²) >= 11 is 2.38. The fourth-order valence-corrected chi connectivity index (χ4v) is 8.40. The van der Waals surface area contributed by atoms with Gasteiger partial charge in [0.2, 0.25) is 0 Å². The molecule has 4 aliphatic rings. The molecule has 0 amide bonds. The second kappa shape index (κ2) is 7.97. The van der Waals surface area contributed by atoms with Crippen molar-refractivity contribution in [2.24, 2.45) is 29.1 Å². The molecule has 0 bridgehead atoms. The number of hydrogen-bond donors (Lipinski definition) is 0. The highest BCUT2D eigenvalue weighted by atomic mass is 127. The van der Waals surface area contributed by atoms with Gasteiger partial charge in [-0.05, 0) is 120 Å².